The number of amides is 1. The Morgan fingerprint density at radius 1 is 1.57 bits per heavy atom. The number of hydrogen-bond acceptors (Lipinski definition) is 1. The molecule has 0 saturated heterocycles. The topological polar surface area (TPSA) is 29.1 Å². The van der Waals surface area contributed by atoms with E-state index in [1.165, 1.54) is 0 Å². The molecule has 0 aromatic carbocycles. The van der Waals surface area contributed by atoms with E-state index in [4.69, 9.17) is 0 Å². The quantitative estimate of drug-likeness (QED) is 0.506. The SMILES string of the molecule is CC(C)=CNC=O. The summed E-state index contributed by atoms with van der Waals surface area (Å²) >= 11 is 0. The van der Waals surface area contributed by atoms with Crippen molar-refractivity contribution in [1.29, 1.82) is 0 Å². The van der Waals surface area contributed by atoms with E-state index >= 15 is 0 Å². The van der Waals surface area contributed by atoms with Crippen LogP contribution in [0.1, 0.15) is 13.8 Å². The maximum Gasteiger partial charge on any atom is 0.211 e. The average Bonchev–Trinajstić information content (AvgIpc) is 1.61. The van der Waals surface area contributed by atoms with Gasteiger partial charge in [-0.15, -0.1) is 0 Å². The Morgan fingerprint density at radius 2 is 2.14 bits per heavy atom. The fourth-order valence-electron chi connectivity index (χ4n) is 0.201. The van der Waals surface area contributed by atoms with Gasteiger partial charge in [0, 0.05) is 6.20 Å². The van der Waals surface area contributed by atoms with E-state index in [9.17, 15) is 4.79 Å². The van der Waals surface area contributed by atoms with E-state index in [0.717, 1.165) is 5.57 Å². The van der Waals surface area contributed by atoms with Crippen LogP contribution in [0, 0.1) is 0 Å². The summed E-state index contributed by atoms with van der Waals surface area (Å²) < 4.78 is 0. The summed E-state index contributed by atoms with van der Waals surface area (Å²) in [7, 11) is 0. The lowest BCUT2D eigenvalue weighted by atomic mass is 10.4. The highest BCUT2D eigenvalue weighted by Crippen LogP contribution is 1.80. The van der Waals surface area contributed by atoms with Crippen LogP contribution in [0.3, 0.4) is 0 Å². The van der Waals surface area contributed by atoms with Crippen molar-refractivity contribution in [2.45, 2.75) is 13.8 Å². The molecule has 0 aromatic rings. The first-order valence-electron chi connectivity index (χ1n) is 2.10. The van der Waals surface area contributed by atoms with Crippen molar-refractivity contribution in [2.24, 2.45) is 0 Å². The molecule has 40 valence electrons. The number of carbonyl (C=O) groups is 1. The van der Waals surface area contributed by atoms with Crippen molar-refractivity contribution >= 4 is 6.41 Å². The minimum Gasteiger partial charge on any atom is -0.335 e. The lowest BCUT2D eigenvalue weighted by molar-refractivity contribution is -0.108. The van der Waals surface area contributed by atoms with Crippen molar-refractivity contribution < 1.29 is 4.79 Å². The Balaban J connectivity index is 3.25. The first-order valence-corrected chi connectivity index (χ1v) is 2.10. The molecular formula is C5H9NO. The average molecular weight is 99.1 g/mol. The first kappa shape index (κ1) is 6.21. The van der Waals surface area contributed by atoms with Crippen LogP contribution in [-0.4, -0.2) is 6.41 Å². The second kappa shape index (κ2) is 3.40. The highest BCUT2D eigenvalue weighted by atomic mass is 16.1. The maximum absolute atomic E-state index is 9.55. The van der Waals surface area contributed by atoms with Crippen LogP contribution < -0.4 is 5.32 Å². The third-order valence-corrected chi connectivity index (χ3v) is 0.440. The van der Waals surface area contributed by atoms with Crippen molar-refractivity contribution in [2.75, 3.05) is 0 Å². The number of hydrogen-bond donors (Lipinski definition) is 1. The lowest BCUT2D eigenvalue weighted by Crippen LogP contribution is -1.99. The molecule has 0 fully saturated rings. The molecule has 0 aliphatic carbocycles. The van der Waals surface area contributed by atoms with Crippen molar-refractivity contribution in [1.82, 2.24) is 5.32 Å². The van der Waals surface area contributed by atoms with Gasteiger partial charge < -0.3 is 5.32 Å². The second-order valence-corrected chi connectivity index (χ2v) is 1.51. The van der Waals surface area contributed by atoms with Gasteiger partial charge in [0.2, 0.25) is 6.41 Å². The second-order valence-electron chi connectivity index (χ2n) is 1.51. The molecule has 0 heterocycles. The first-order chi connectivity index (χ1) is 3.27. The van der Waals surface area contributed by atoms with Crippen LogP contribution in [0.5, 0.6) is 0 Å². The standard InChI is InChI=1S/C5H9NO/c1-5(2)3-6-4-7/h3-4H,1-2H3,(H,6,7). The fraction of sp³-hybridized carbons (Fsp3) is 0.400. The predicted octanol–water partition coefficient (Wildman–Crippen LogP) is 0.656. The van der Waals surface area contributed by atoms with Crippen LogP contribution in [-0.2, 0) is 4.79 Å². The van der Waals surface area contributed by atoms with Crippen LogP contribution in [0.15, 0.2) is 11.8 Å². The Morgan fingerprint density at radius 3 is 2.29 bits per heavy atom. The van der Waals surface area contributed by atoms with Crippen LogP contribution >= 0.6 is 0 Å². The maximum atomic E-state index is 9.55. The molecule has 7 heavy (non-hydrogen) atoms. The largest absolute Gasteiger partial charge is 0.335 e. The summed E-state index contributed by atoms with van der Waals surface area (Å²) in [5, 5.41) is 2.41. The lowest BCUT2D eigenvalue weighted by Gasteiger charge is -1.84. The molecule has 2 nitrogen and oxygen atoms in total. The Labute approximate surface area is 43.2 Å². The van der Waals surface area contributed by atoms with E-state index in [-0.39, 0.29) is 0 Å². The van der Waals surface area contributed by atoms with E-state index in [2.05, 4.69) is 5.32 Å². The molecule has 0 aliphatic heterocycles. The number of nitrogens with one attached hydrogen (secondary N) is 1. The van der Waals surface area contributed by atoms with Crippen molar-refractivity contribution in [3.05, 3.63) is 11.8 Å². The highest BCUT2D eigenvalue weighted by Gasteiger charge is 1.69. The molecule has 0 unspecified atom stereocenters. The molecular weight excluding hydrogens is 90.1 g/mol. The van der Waals surface area contributed by atoms with E-state index in [1.54, 1.807) is 6.20 Å². The normalized spacial score (nSPS) is 7.14. The Hall–Kier alpha value is -0.790. The van der Waals surface area contributed by atoms with Crippen LogP contribution in [0.4, 0.5) is 0 Å². The van der Waals surface area contributed by atoms with Gasteiger partial charge in [-0.1, -0.05) is 5.57 Å². The van der Waals surface area contributed by atoms with Gasteiger partial charge in [0.15, 0.2) is 0 Å². The molecule has 0 aliphatic rings. The smallest absolute Gasteiger partial charge is 0.211 e. The fourth-order valence-corrected chi connectivity index (χ4v) is 0.201. The Bertz CT molecular complexity index is 82.1. The molecule has 0 saturated carbocycles. The van der Waals surface area contributed by atoms with Crippen LogP contribution in [0.25, 0.3) is 0 Å². The van der Waals surface area contributed by atoms with Crippen LogP contribution in [0.2, 0.25) is 0 Å². The summed E-state index contributed by atoms with van der Waals surface area (Å²) in [6.45, 7) is 3.83. The van der Waals surface area contributed by atoms with Gasteiger partial charge in [-0.2, -0.15) is 0 Å². The molecule has 0 bridgehead atoms. The third kappa shape index (κ3) is 5.21. The highest BCUT2D eigenvalue weighted by molar-refractivity contribution is 5.47. The monoisotopic (exact) mass is 99.1 g/mol. The Kier molecular flexibility index (Phi) is 3.02. The van der Waals surface area contributed by atoms with Gasteiger partial charge in [0.05, 0.1) is 0 Å². The molecule has 0 atom stereocenters. The number of rotatable bonds is 2. The molecule has 2 heteroatoms. The summed E-state index contributed by atoms with van der Waals surface area (Å²) in [4.78, 5) is 9.55. The third-order valence-electron chi connectivity index (χ3n) is 0.440. The molecule has 0 spiro atoms. The van der Waals surface area contributed by atoms with E-state index in [0.29, 0.717) is 6.41 Å². The predicted molar refractivity (Wildman–Crippen MR) is 28.6 cm³/mol. The number of carbonyl (C=O) groups excluding carboxylic acids is 1. The van der Waals surface area contributed by atoms with Gasteiger partial charge in [-0.05, 0) is 13.8 Å². The minimum atomic E-state index is 0.646. The zero-order valence-corrected chi connectivity index (χ0v) is 4.56. The van der Waals surface area contributed by atoms with E-state index in [1.807, 2.05) is 13.8 Å². The molecule has 0 aromatic heterocycles. The minimum absolute atomic E-state index is 0.646. The zero-order chi connectivity index (χ0) is 5.70. The molecule has 0 rings (SSSR count). The molecule has 1 N–H and O–H groups in total. The summed E-state index contributed by atoms with van der Waals surface area (Å²) in [6, 6.07) is 0. The zero-order valence-electron chi connectivity index (χ0n) is 4.56. The van der Waals surface area contributed by atoms with Gasteiger partial charge in [-0.3, -0.25) is 4.79 Å². The van der Waals surface area contributed by atoms with Gasteiger partial charge >= 0.3 is 0 Å². The summed E-state index contributed by atoms with van der Waals surface area (Å²) in [5.41, 5.74) is 1.09. The van der Waals surface area contributed by atoms with E-state index < -0.39 is 0 Å². The van der Waals surface area contributed by atoms with Gasteiger partial charge in [0.25, 0.3) is 0 Å². The molecule has 1 amide bonds. The van der Waals surface area contributed by atoms with Gasteiger partial charge in [-0.25, -0.2) is 0 Å². The summed E-state index contributed by atoms with van der Waals surface area (Å²) in [6.07, 6.45) is 2.29. The van der Waals surface area contributed by atoms with Gasteiger partial charge in [0.1, 0.15) is 0 Å². The number of allylic oxidation sites excluding steroid dienone is 1. The van der Waals surface area contributed by atoms with Crippen molar-refractivity contribution in [3.63, 3.8) is 0 Å². The summed E-state index contributed by atoms with van der Waals surface area (Å²) in [5.74, 6) is 0. The molecule has 0 radical (unpaired) electrons. The van der Waals surface area contributed by atoms with Crippen molar-refractivity contribution in [3.8, 4) is 0 Å².